The van der Waals surface area contributed by atoms with Gasteiger partial charge in [-0.05, 0) is 25.1 Å². The second kappa shape index (κ2) is 8.25. The number of halogens is 1. The van der Waals surface area contributed by atoms with E-state index in [0.717, 1.165) is 19.5 Å². The van der Waals surface area contributed by atoms with Crippen molar-refractivity contribution in [2.45, 2.75) is 19.8 Å². The van der Waals surface area contributed by atoms with Crippen LogP contribution in [-0.2, 0) is 0 Å². The Morgan fingerprint density at radius 3 is 2.67 bits per heavy atom. The summed E-state index contributed by atoms with van der Waals surface area (Å²) in [7, 11) is 0. The molecule has 0 aliphatic heterocycles. The molecule has 0 aliphatic rings. The van der Waals surface area contributed by atoms with E-state index < -0.39 is 0 Å². The molecule has 1 aromatic rings. The lowest BCUT2D eigenvalue weighted by atomic mass is 10.1. The fraction of sp³-hybridized carbons (Fsp3) is 0.500. The smallest absolute Gasteiger partial charge is 0.165 e. The summed E-state index contributed by atoms with van der Waals surface area (Å²) in [5.74, 6) is 0.0723. The van der Waals surface area contributed by atoms with Crippen molar-refractivity contribution in [2.75, 3.05) is 26.2 Å². The molecule has 0 fully saturated rings. The largest absolute Gasteiger partial charge is 0.396 e. The predicted octanol–water partition coefficient (Wildman–Crippen LogP) is 2.62. The van der Waals surface area contributed by atoms with Crippen LogP contribution in [0.5, 0.6) is 0 Å². The van der Waals surface area contributed by atoms with E-state index in [2.05, 4.69) is 11.8 Å². The number of Topliss-reactive ketones (excluding diaryl/α,β-unsaturated/α-hetero) is 1. The molecule has 0 atom stereocenters. The zero-order valence-corrected chi connectivity index (χ0v) is 11.5. The molecule has 3 nitrogen and oxygen atoms in total. The van der Waals surface area contributed by atoms with Gasteiger partial charge in [0.05, 0.1) is 5.02 Å². The minimum Gasteiger partial charge on any atom is -0.396 e. The van der Waals surface area contributed by atoms with Crippen LogP contribution in [0, 0.1) is 0 Å². The van der Waals surface area contributed by atoms with Gasteiger partial charge in [-0.15, -0.1) is 0 Å². The Balaban J connectivity index is 2.47. The average Bonchev–Trinajstić information content (AvgIpc) is 2.39. The molecular weight excluding hydrogens is 250 g/mol. The normalized spacial score (nSPS) is 10.9. The first-order valence-electron chi connectivity index (χ1n) is 6.30. The van der Waals surface area contributed by atoms with Gasteiger partial charge in [0.15, 0.2) is 5.78 Å². The van der Waals surface area contributed by atoms with E-state index in [9.17, 15) is 4.79 Å². The number of carbonyl (C=O) groups is 1. The second-order valence-electron chi connectivity index (χ2n) is 4.16. The van der Waals surface area contributed by atoms with Crippen molar-refractivity contribution in [1.29, 1.82) is 0 Å². The third-order valence-corrected chi connectivity index (χ3v) is 3.24. The Morgan fingerprint density at radius 2 is 2.06 bits per heavy atom. The van der Waals surface area contributed by atoms with Crippen molar-refractivity contribution in [3.63, 3.8) is 0 Å². The molecule has 4 heteroatoms. The molecule has 0 saturated carbocycles. The van der Waals surface area contributed by atoms with Crippen LogP contribution < -0.4 is 0 Å². The highest BCUT2D eigenvalue weighted by Crippen LogP contribution is 2.16. The van der Waals surface area contributed by atoms with E-state index in [1.54, 1.807) is 12.1 Å². The van der Waals surface area contributed by atoms with Gasteiger partial charge in [0.2, 0.25) is 0 Å². The maximum Gasteiger partial charge on any atom is 0.165 e. The molecule has 0 aliphatic carbocycles. The van der Waals surface area contributed by atoms with Crippen LogP contribution in [0.1, 0.15) is 30.1 Å². The fourth-order valence-corrected chi connectivity index (χ4v) is 2.05. The van der Waals surface area contributed by atoms with Crippen LogP contribution in [0.15, 0.2) is 24.3 Å². The summed E-state index contributed by atoms with van der Waals surface area (Å²) in [6, 6.07) is 7.13. The molecule has 0 bridgehead atoms. The molecule has 0 saturated heterocycles. The maximum absolute atomic E-state index is 12.0. The van der Waals surface area contributed by atoms with E-state index in [4.69, 9.17) is 16.7 Å². The Morgan fingerprint density at radius 1 is 1.33 bits per heavy atom. The van der Waals surface area contributed by atoms with Crippen molar-refractivity contribution in [2.24, 2.45) is 0 Å². The van der Waals surface area contributed by atoms with Gasteiger partial charge in [-0.1, -0.05) is 30.7 Å². The maximum atomic E-state index is 12.0. The molecule has 0 heterocycles. The second-order valence-corrected chi connectivity index (χ2v) is 4.57. The first-order chi connectivity index (χ1) is 8.69. The quantitative estimate of drug-likeness (QED) is 0.738. The van der Waals surface area contributed by atoms with Crippen molar-refractivity contribution >= 4 is 17.4 Å². The average molecular weight is 270 g/mol. The van der Waals surface area contributed by atoms with Crippen molar-refractivity contribution in [3.8, 4) is 0 Å². The number of nitrogens with zero attached hydrogens (tertiary/aromatic N) is 1. The molecule has 1 N–H and O–H groups in total. The van der Waals surface area contributed by atoms with E-state index in [-0.39, 0.29) is 12.4 Å². The number of carbonyl (C=O) groups excluding carboxylic acids is 1. The molecule has 0 spiro atoms. The number of aliphatic hydroxyl groups is 1. The summed E-state index contributed by atoms with van der Waals surface area (Å²) in [5.41, 5.74) is 0.595. The zero-order valence-electron chi connectivity index (χ0n) is 10.7. The minimum atomic E-state index is 0.0723. The van der Waals surface area contributed by atoms with Gasteiger partial charge in [0, 0.05) is 31.7 Å². The van der Waals surface area contributed by atoms with Crippen LogP contribution in [0.3, 0.4) is 0 Å². The number of ketones is 1. The fourth-order valence-electron chi connectivity index (χ4n) is 1.80. The highest BCUT2D eigenvalue weighted by Gasteiger charge is 2.11. The van der Waals surface area contributed by atoms with Gasteiger partial charge in [-0.3, -0.25) is 4.79 Å². The molecule has 18 heavy (non-hydrogen) atoms. The summed E-state index contributed by atoms with van der Waals surface area (Å²) < 4.78 is 0. The summed E-state index contributed by atoms with van der Waals surface area (Å²) in [4.78, 5) is 14.2. The summed E-state index contributed by atoms with van der Waals surface area (Å²) in [6.07, 6.45) is 1.21. The third kappa shape index (κ3) is 4.77. The van der Waals surface area contributed by atoms with Crippen LogP contribution >= 0.6 is 11.6 Å². The predicted molar refractivity (Wildman–Crippen MR) is 74.2 cm³/mol. The molecule has 1 aromatic carbocycles. The summed E-state index contributed by atoms with van der Waals surface area (Å²) in [5, 5.41) is 9.31. The van der Waals surface area contributed by atoms with E-state index in [1.165, 1.54) is 0 Å². The Labute approximate surface area is 113 Å². The molecule has 100 valence electrons. The van der Waals surface area contributed by atoms with Crippen molar-refractivity contribution in [3.05, 3.63) is 34.9 Å². The monoisotopic (exact) mass is 269 g/mol. The third-order valence-electron chi connectivity index (χ3n) is 2.91. The van der Waals surface area contributed by atoms with Crippen molar-refractivity contribution in [1.82, 2.24) is 4.90 Å². The van der Waals surface area contributed by atoms with E-state index in [0.29, 0.717) is 23.6 Å². The lowest BCUT2D eigenvalue weighted by Gasteiger charge is -2.19. The first kappa shape index (κ1) is 15.2. The van der Waals surface area contributed by atoms with Gasteiger partial charge in [-0.25, -0.2) is 0 Å². The summed E-state index contributed by atoms with van der Waals surface area (Å²) in [6.45, 7) is 4.66. The SMILES string of the molecule is CCN(CCCO)CCC(=O)c1ccccc1Cl. The minimum absolute atomic E-state index is 0.0723. The standard InChI is InChI=1S/C14H20ClNO2/c1-2-16(9-5-11-17)10-8-14(18)12-6-3-4-7-13(12)15/h3-4,6-7,17H,2,5,8-11H2,1H3. The van der Waals surface area contributed by atoms with Crippen LogP contribution in [0.2, 0.25) is 5.02 Å². The zero-order chi connectivity index (χ0) is 13.4. The van der Waals surface area contributed by atoms with E-state index in [1.807, 2.05) is 12.1 Å². The topological polar surface area (TPSA) is 40.5 Å². The molecular formula is C14H20ClNO2. The number of hydrogen-bond acceptors (Lipinski definition) is 3. The Bertz CT molecular complexity index is 382. The van der Waals surface area contributed by atoms with Gasteiger partial charge >= 0.3 is 0 Å². The van der Waals surface area contributed by atoms with Gasteiger partial charge in [0.25, 0.3) is 0 Å². The van der Waals surface area contributed by atoms with Crippen LogP contribution in [0.4, 0.5) is 0 Å². The van der Waals surface area contributed by atoms with Gasteiger partial charge < -0.3 is 10.0 Å². The Kier molecular flexibility index (Phi) is 6.94. The number of rotatable bonds is 8. The first-order valence-corrected chi connectivity index (χ1v) is 6.67. The van der Waals surface area contributed by atoms with Gasteiger partial charge in [0.1, 0.15) is 0 Å². The molecule has 0 unspecified atom stereocenters. The lowest BCUT2D eigenvalue weighted by Crippen LogP contribution is -2.27. The number of benzene rings is 1. The van der Waals surface area contributed by atoms with E-state index >= 15 is 0 Å². The molecule has 1 rings (SSSR count). The van der Waals surface area contributed by atoms with Gasteiger partial charge in [-0.2, -0.15) is 0 Å². The van der Waals surface area contributed by atoms with Crippen LogP contribution in [-0.4, -0.2) is 42.0 Å². The summed E-state index contributed by atoms with van der Waals surface area (Å²) >= 11 is 5.98. The lowest BCUT2D eigenvalue weighted by molar-refractivity contribution is 0.0964. The molecule has 0 aromatic heterocycles. The molecule has 0 amide bonds. The number of hydrogen-bond donors (Lipinski definition) is 1. The highest BCUT2D eigenvalue weighted by molar-refractivity contribution is 6.33. The van der Waals surface area contributed by atoms with Crippen LogP contribution in [0.25, 0.3) is 0 Å². The highest BCUT2D eigenvalue weighted by atomic mass is 35.5. The Hall–Kier alpha value is -0.900. The van der Waals surface area contributed by atoms with Crippen molar-refractivity contribution < 1.29 is 9.90 Å². The number of aliphatic hydroxyl groups excluding tert-OH is 1. The molecule has 0 radical (unpaired) electrons.